The Morgan fingerprint density at radius 3 is 2.88 bits per heavy atom. The number of fused-ring (bicyclic) bond motifs is 1. The van der Waals surface area contributed by atoms with Crippen LogP contribution in [0.3, 0.4) is 0 Å². The van der Waals surface area contributed by atoms with Gasteiger partial charge in [0, 0.05) is 5.54 Å². The zero-order valence-electron chi connectivity index (χ0n) is 9.63. The Bertz CT molecular complexity index is 544. The summed E-state index contributed by atoms with van der Waals surface area (Å²) in [5.74, 6) is 0.776. The Morgan fingerprint density at radius 2 is 2.12 bits per heavy atom. The van der Waals surface area contributed by atoms with Crippen LogP contribution in [0.25, 0.3) is 11.0 Å². The first kappa shape index (κ1) is 10.8. The van der Waals surface area contributed by atoms with Crippen LogP contribution in [0.2, 0.25) is 5.28 Å². The minimum Gasteiger partial charge on any atom is -0.364 e. The van der Waals surface area contributed by atoms with E-state index in [0.717, 1.165) is 24.0 Å². The van der Waals surface area contributed by atoms with E-state index in [2.05, 4.69) is 32.4 Å². The molecule has 90 valence electrons. The first-order valence-electron chi connectivity index (χ1n) is 5.81. The fourth-order valence-electron chi connectivity index (χ4n) is 2.47. The summed E-state index contributed by atoms with van der Waals surface area (Å²) in [7, 11) is 0. The second kappa shape index (κ2) is 3.84. The van der Waals surface area contributed by atoms with E-state index in [-0.39, 0.29) is 10.8 Å². The van der Waals surface area contributed by atoms with Crippen LogP contribution in [-0.2, 0) is 0 Å². The molecule has 0 saturated heterocycles. The summed E-state index contributed by atoms with van der Waals surface area (Å²) in [5, 5.41) is 11.4. The SMILES string of the molecule is CC1(Nc2nc(Cl)nc3[nH]ncc23)CCCC1. The first-order chi connectivity index (χ1) is 8.16. The van der Waals surface area contributed by atoms with Gasteiger partial charge < -0.3 is 5.32 Å². The smallest absolute Gasteiger partial charge is 0.226 e. The molecule has 17 heavy (non-hydrogen) atoms. The average molecular weight is 252 g/mol. The van der Waals surface area contributed by atoms with Gasteiger partial charge in [-0.3, -0.25) is 5.10 Å². The van der Waals surface area contributed by atoms with Gasteiger partial charge >= 0.3 is 0 Å². The number of nitrogens with one attached hydrogen (secondary N) is 2. The fourth-order valence-corrected chi connectivity index (χ4v) is 2.64. The van der Waals surface area contributed by atoms with Gasteiger partial charge in [0.2, 0.25) is 5.28 Å². The standard InChI is InChI=1S/C11H14ClN5/c1-11(4-2-3-5-11)16-8-7-6-13-17-9(7)15-10(12)14-8/h6H,2-5H2,1H3,(H2,13,14,15,16,17). The molecule has 1 aliphatic carbocycles. The maximum absolute atomic E-state index is 5.90. The van der Waals surface area contributed by atoms with Gasteiger partial charge in [0.05, 0.1) is 11.6 Å². The van der Waals surface area contributed by atoms with Crippen LogP contribution < -0.4 is 5.32 Å². The molecule has 0 aliphatic heterocycles. The van der Waals surface area contributed by atoms with E-state index < -0.39 is 0 Å². The molecule has 0 aromatic carbocycles. The zero-order chi connectivity index (χ0) is 11.9. The van der Waals surface area contributed by atoms with Crippen LogP contribution in [0.5, 0.6) is 0 Å². The minimum atomic E-state index is 0.113. The van der Waals surface area contributed by atoms with Gasteiger partial charge in [-0.25, -0.2) is 0 Å². The molecule has 2 aromatic rings. The van der Waals surface area contributed by atoms with Gasteiger partial charge in [-0.15, -0.1) is 0 Å². The number of hydrogen-bond donors (Lipinski definition) is 2. The lowest BCUT2D eigenvalue weighted by molar-refractivity contribution is 0.531. The number of aromatic nitrogens is 4. The maximum atomic E-state index is 5.90. The molecular weight excluding hydrogens is 238 g/mol. The van der Waals surface area contributed by atoms with Crippen molar-refractivity contribution >= 4 is 28.5 Å². The molecule has 0 unspecified atom stereocenters. The molecular formula is C11H14ClN5. The zero-order valence-corrected chi connectivity index (χ0v) is 10.4. The van der Waals surface area contributed by atoms with Gasteiger partial charge in [-0.2, -0.15) is 15.1 Å². The number of H-pyrrole nitrogens is 1. The lowest BCUT2D eigenvalue weighted by Crippen LogP contribution is -2.31. The largest absolute Gasteiger partial charge is 0.364 e. The Morgan fingerprint density at radius 1 is 1.35 bits per heavy atom. The van der Waals surface area contributed by atoms with Crippen molar-refractivity contribution in [2.24, 2.45) is 0 Å². The summed E-state index contributed by atoms with van der Waals surface area (Å²) in [4.78, 5) is 8.36. The molecule has 1 fully saturated rings. The Labute approximate surface area is 104 Å². The summed E-state index contributed by atoms with van der Waals surface area (Å²) in [6.07, 6.45) is 6.57. The number of aromatic amines is 1. The first-order valence-corrected chi connectivity index (χ1v) is 6.19. The normalized spacial score (nSPS) is 18.7. The molecule has 0 radical (unpaired) electrons. The second-order valence-corrected chi connectivity index (χ2v) is 5.20. The predicted octanol–water partition coefficient (Wildman–Crippen LogP) is 2.75. The van der Waals surface area contributed by atoms with Crippen molar-refractivity contribution in [1.29, 1.82) is 0 Å². The van der Waals surface area contributed by atoms with E-state index in [4.69, 9.17) is 11.6 Å². The third kappa shape index (κ3) is 1.95. The second-order valence-electron chi connectivity index (χ2n) is 4.87. The van der Waals surface area contributed by atoms with E-state index in [0.29, 0.717) is 5.65 Å². The van der Waals surface area contributed by atoms with Crippen molar-refractivity contribution in [1.82, 2.24) is 20.2 Å². The molecule has 2 heterocycles. The summed E-state index contributed by atoms with van der Waals surface area (Å²) < 4.78 is 0. The van der Waals surface area contributed by atoms with Crippen molar-refractivity contribution in [2.75, 3.05) is 5.32 Å². The Hall–Kier alpha value is -1.36. The summed E-state index contributed by atoms with van der Waals surface area (Å²) in [6, 6.07) is 0. The van der Waals surface area contributed by atoms with Gasteiger partial charge in [0.15, 0.2) is 5.65 Å². The topological polar surface area (TPSA) is 66.5 Å². The molecule has 2 N–H and O–H groups in total. The third-order valence-electron chi connectivity index (χ3n) is 3.41. The molecule has 0 amide bonds. The van der Waals surface area contributed by atoms with E-state index in [9.17, 15) is 0 Å². The summed E-state index contributed by atoms with van der Waals surface area (Å²) in [6.45, 7) is 2.22. The number of rotatable bonds is 2. The highest BCUT2D eigenvalue weighted by Crippen LogP contribution is 2.33. The van der Waals surface area contributed by atoms with Crippen molar-refractivity contribution in [3.8, 4) is 0 Å². The average Bonchev–Trinajstić information content (AvgIpc) is 2.86. The fraction of sp³-hybridized carbons (Fsp3) is 0.545. The summed E-state index contributed by atoms with van der Waals surface area (Å²) >= 11 is 5.90. The van der Waals surface area contributed by atoms with Gasteiger partial charge in [0.25, 0.3) is 0 Å². The molecule has 2 aromatic heterocycles. The Kier molecular flexibility index (Phi) is 2.43. The molecule has 6 heteroatoms. The molecule has 1 aliphatic rings. The highest BCUT2D eigenvalue weighted by molar-refractivity contribution is 6.28. The van der Waals surface area contributed by atoms with Crippen LogP contribution in [0.15, 0.2) is 6.20 Å². The number of halogens is 1. The number of hydrogen-bond acceptors (Lipinski definition) is 4. The van der Waals surface area contributed by atoms with Crippen LogP contribution in [-0.4, -0.2) is 25.7 Å². The van der Waals surface area contributed by atoms with Crippen molar-refractivity contribution < 1.29 is 0 Å². The van der Waals surface area contributed by atoms with Gasteiger partial charge in [0.1, 0.15) is 5.82 Å². The molecule has 0 atom stereocenters. The quantitative estimate of drug-likeness (QED) is 0.806. The maximum Gasteiger partial charge on any atom is 0.226 e. The molecule has 0 bridgehead atoms. The van der Waals surface area contributed by atoms with Crippen LogP contribution in [0, 0.1) is 0 Å². The Balaban J connectivity index is 2.01. The van der Waals surface area contributed by atoms with E-state index in [1.54, 1.807) is 6.20 Å². The summed E-state index contributed by atoms with van der Waals surface area (Å²) in [5.41, 5.74) is 0.788. The molecule has 3 rings (SSSR count). The highest BCUT2D eigenvalue weighted by Gasteiger charge is 2.29. The van der Waals surface area contributed by atoms with Crippen LogP contribution in [0.1, 0.15) is 32.6 Å². The lowest BCUT2D eigenvalue weighted by Gasteiger charge is -2.26. The molecule has 1 saturated carbocycles. The predicted molar refractivity (Wildman–Crippen MR) is 67.2 cm³/mol. The highest BCUT2D eigenvalue weighted by atomic mass is 35.5. The molecule has 5 nitrogen and oxygen atoms in total. The van der Waals surface area contributed by atoms with E-state index in [1.165, 1.54) is 12.8 Å². The monoisotopic (exact) mass is 251 g/mol. The van der Waals surface area contributed by atoms with E-state index in [1.807, 2.05) is 0 Å². The van der Waals surface area contributed by atoms with Crippen molar-refractivity contribution in [2.45, 2.75) is 38.1 Å². The lowest BCUT2D eigenvalue weighted by atomic mass is 10.0. The van der Waals surface area contributed by atoms with E-state index >= 15 is 0 Å². The van der Waals surface area contributed by atoms with Gasteiger partial charge in [-0.05, 0) is 31.4 Å². The van der Waals surface area contributed by atoms with Crippen LogP contribution in [0.4, 0.5) is 5.82 Å². The number of nitrogens with zero attached hydrogens (tertiary/aromatic N) is 3. The minimum absolute atomic E-state index is 0.113. The van der Waals surface area contributed by atoms with Crippen molar-refractivity contribution in [3.05, 3.63) is 11.5 Å². The van der Waals surface area contributed by atoms with Gasteiger partial charge in [-0.1, -0.05) is 12.8 Å². The number of anilines is 1. The third-order valence-corrected chi connectivity index (χ3v) is 3.58. The van der Waals surface area contributed by atoms with Crippen LogP contribution >= 0.6 is 11.6 Å². The van der Waals surface area contributed by atoms with Crippen molar-refractivity contribution in [3.63, 3.8) is 0 Å². The molecule has 0 spiro atoms.